The van der Waals surface area contributed by atoms with Crippen LogP contribution >= 0.6 is 0 Å². The first-order chi connectivity index (χ1) is 9.79. The number of nitrogens with two attached hydrogens (primary N) is 1. The van der Waals surface area contributed by atoms with Crippen molar-refractivity contribution in [1.29, 1.82) is 0 Å². The quantitative estimate of drug-likeness (QED) is 0.676. The van der Waals surface area contributed by atoms with E-state index in [4.69, 9.17) is 10.8 Å². The van der Waals surface area contributed by atoms with Crippen LogP contribution in [-0.2, 0) is 23.6 Å². The monoisotopic (exact) mass is 310 g/mol. The van der Waals surface area contributed by atoms with Crippen LogP contribution < -0.4 is 10.5 Å². The average Bonchev–Trinajstić information content (AvgIpc) is 2.82. The van der Waals surface area contributed by atoms with Crippen molar-refractivity contribution < 1.29 is 18.3 Å². The first-order valence-corrected chi connectivity index (χ1v) is 7.38. The lowest BCUT2D eigenvalue weighted by Crippen LogP contribution is -2.25. The largest absolute Gasteiger partial charge is 0.478 e. The molecule has 4 N–H and O–H groups in total. The molecular formula is C12H14N4O4S. The van der Waals surface area contributed by atoms with Gasteiger partial charge in [-0.25, -0.2) is 17.9 Å². The van der Waals surface area contributed by atoms with E-state index in [9.17, 15) is 13.2 Å². The minimum absolute atomic E-state index is 0.0135. The van der Waals surface area contributed by atoms with Crippen LogP contribution in [0, 0.1) is 0 Å². The number of aromatic nitrogens is 2. The number of hydrogen-bond donors (Lipinski definition) is 3. The molecule has 1 aromatic heterocycles. The van der Waals surface area contributed by atoms with E-state index < -0.39 is 16.0 Å². The molecule has 2 rings (SSSR count). The van der Waals surface area contributed by atoms with Gasteiger partial charge in [-0.15, -0.1) is 0 Å². The zero-order valence-corrected chi connectivity index (χ0v) is 12.0. The van der Waals surface area contributed by atoms with Gasteiger partial charge in [0.15, 0.2) is 0 Å². The average molecular weight is 310 g/mol. The maximum absolute atomic E-state index is 12.2. The molecule has 0 radical (unpaired) electrons. The predicted octanol–water partition coefficient (Wildman–Crippen LogP) is 0.179. The van der Waals surface area contributed by atoms with E-state index in [2.05, 4.69) is 9.82 Å². The number of nitrogens with zero attached hydrogens (tertiary/aromatic N) is 2. The van der Waals surface area contributed by atoms with Gasteiger partial charge in [0.25, 0.3) is 0 Å². The van der Waals surface area contributed by atoms with Crippen molar-refractivity contribution in [2.45, 2.75) is 11.4 Å². The summed E-state index contributed by atoms with van der Waals surface area (Å²) in [6.45, 7) is 0.0135. The number of carbonyl (C=O) groups is 1. The Kier molecular flexibility index (Phi) is 3.96. The minimum atomic E-state index is -3.97. The summed E-state index contributed by atoms with van der Waals surface area (Å²) >= 11 is 0. The fourth-order valence-corrected chi connectivity index (χ4v) is 2.96. The van der Waals surface area contributed by atoms with E-state index in [0.717, 1.165) is 6.07 Å². The van der Waals surface area contributed by atoms with E-state index in [1.165, 1.54) is 23.0 Å². The third kappa shape index (κ3) is 3.38. The summed E-state index contributed by atoms with van der Waals surface area (Å²) in [6.07, 6.45) is 3.17. The Morgan fingerprint density at radius 3 is 2.76 bits per heavy atom. The van der Waals surface area contributed by atoms with Crippen molar-refractivity contribution in [3.63, 3.8) is 0 Å². The zero-order valence-electron chi connectivity index (χ0n) is 11.1. The Balaban J connectivity index is 2.29. The van der Waals surface area contributed by atoms with Gasteiger partial charge >= 0.3 is 5.97 Å². The standard InChI is InChI=1S/C12H14N4O4S/c1-16-7-8(5-14-16)6-15-21(19,20)11-3-2-9(13)4-10(11)12(17)18/h2-5,7,15H,6,13H2,1H3,(H,17,18). The Morgan fingerprint density at radius 1 is 1.48 bits per heavy atom. The molecular weight excluding hydrogens is 296 g/mol. The zero-order chi connectivity index (χ0) is 15.6. The lowest BCUT2D eigenvalue weighted by molar-refractivity contribution is 0.0692. The maximum atomic E-state index is 12.2. The fraction of sp³-hybridized carbons (Fsp3) is 0.167. The topological polar surface area (TPSA) is 127 Å². The first kappa shape index (κ1) is 15.0. The van der Waals surface area contributed by atoms with Gasteiger partial charge in [-0.1, -0.05) is 0 Å². The Labute approximate surface area is 121 Å². The molecule has 0 saturated heterocycles. The molecule has 0 amide bonds. The lowest BCUT2D eigenvalue weighted by atomic mass is 10.2. The van der Waals surface area contributed by atoms with Crippen LogP contribution in [-0.4, -0.2) is 29.3 Å². The molecule has 21 heavy (non-hydrogen) atoms. The molecule has 0 unspecified atom stereocenters. The summed E-state index contributed by atoms with van der Waals surface area (Å²) < 4.78 is 28.3. The SMILES string of the molecule is Cn1cc(CNS(=O)(=O)c2ccc(N)cc2C(=O)O)cn1. The number of carboxylic acids is 1. The summed E-state index contributed by atoms with van der Waals surface area (Å²) in [5.74, 6) is -1.36. The molecule has 9 heteroatoms. The second-order valence-electron chi connectivity index (χ2n) is 4.41. The minimum Gasteiger partial charge on any atom is -0.478 e. The van der Waals surface area contributed by atoms with Crippen LogP contribution in [0.2, 0.25) is 0 Å². The number of benzene rings is 1. The van der Waals surface area contributed by atoms with Gasteiger partial charge in [0.2, 0.25) is 10.0 Å². The number of nitrogens with one attached hydrogen (secondary N) is 1. The molecule has 0 aliphatic rings. The van der Waals surface area contributed by atoms with E-state index in [1.807, 2.05) is 0 Å². The number of aromatic carboxylic acids is 1. The van der Waals surface area contributed by atoms with Gasteiger partial charge in [-0.3, -0.25) is 4.68 Å². The summed E-state index contributed by atoms with van der Waals surface area (Å²) in [4.78, 5) is 10.8. The van der Waals surface area contributed by atoms with Gasteiger partial charge in [0.05, 0.1) is 16.7 Å². The van der Waals surface area contributed by atoms with Gasteiger partial charge in [-0.05, 0) is 18.2 Å². The first-order valence-electron chi connectivity index (χ1n) is 5.89. The van der Waals surface area contributed by atoms with Crippen molar-refractivity contribution in [3.8, 4) is 0 Å². The maximum Gasteiger partial charge on any atom is 0.337 e. The molecule has 0 atom stereocenters. The highest BCUT2D eigenvalue weighted by molar-refractivity contribution is 7.89. The number of nitrogen functional groups attached to an aromatic ring is 1. The molecule has 0 aliphatic heterocycles. The van der Waals surface area contributed by atoms with Crippen molar-refractivity contribution in [3.05, 3.63) is 41.7 Å². The van der Waals surface area contributed by atoms with Crippen LogP contribution in [0.4, 0.5) is 5.69 Å². The summed E-state index contributed by atoms with van der Waals surface area (Å²) in [6, 6.07) is 3.62. The molecule has 0 saturated carbocycles. The molecule has 2 aromatic rings. The normalized spacial score (nSPS) is 11.5. The smallest absolute Gasteiger partial charge is 0.337 e. The van der Waals surface area contributed by atoms with Crippen LogP contribution in [0.5, 0.6) is 0 Å². The highest BCUT2D eigenvalue weighted by atomic mass is 32.2. The summed E-state index contributed by atoms with van der Waals surface area (Å²) in [7, 11) is -2.26. The Hall–Kier alpha value is -2.39. The number of aryl methyl sites for hydroxylation is 1. The molecule has 1 aromatic carbocycles. The third-order valence-corrected chi connectivity index (χ3v) is 4.21. The number of hydrogen-bond acceptors (Lipinski definition) is 5. The number of anilines is 1. The van der Waals surface area contributed by atoms with Crippen molar-refractivity contribution in [2.24, 2.45) is 7.05 Å². The molecule has 112 valence electrons. The van der Waals surface area contributed by atoms with Crippen molar-refractivity contribution in [1.82, 2.24) is 14.5 Å². The van der Waals surface area contributed by atoms with Gasteiger partial charge in [-0.2, -0.15) is 5.10 Å². The lowest BCUT2D eigenvalue weighted by Gasteiger charge is -2.09. The van der Waals surface area contributed by atoms with Gasteiger partial charge in [0, 0.05) is 31.0 Å². The van der Waals surface area contributed by atoms with E-state index in [1.54, 1.807) is 13.2 Å². The van der Waals surface area contributed by atoms with Crippen LogP contribution in [0.1, 0.15) is 15.9 Å². The van der Waals surface area contributed by atoms with Crippen LogP contribution in [0.25, 0.3) is 0 Å². The number of rotatable bonds is 5. The van der Waals surface area contributed by atoms with E-state index >= 15 is 0 Å². The van der Waals surface area contributed by atoms with E-state index in [-0.39, 0.29) is 22.7 Å². The highest BCUT2D eigenvalue weighted by Crippen LogP contribution is 2.19. The highest BCUT2D eigenvalue weighted by Gasteiger charge is 2.22. The van der Waals surface area contributed by atoms with Crippen LogP contribution in [0.15, 0.2) is 35.5 Å². The van der Waals surface area contributed by atoms with E-state index in [0.29, 0.717) is 5.56 Å². The van der Waals surface area contributed by atoms with Crippen molar-refractivity contribution in [2.75, 3.05) is 5.73 Å². The predicted molar refractivity (Wildman–Crippen MR) is 75.0 cm³/mol. The van der Waals surface area contributed by atoms with Crippen molar-refractivity contribution >= 4 is 21.7 Å². The fourth-order valence-electron chi connectivity index (χ4n) is 1.77. The molecule has 1 heterocycles. The number of sulfonamides is 1. The number of carboxylic acid groups (broad SMARTS) is 1. The second kappa shape index (κ2) is 5.54. The second-order valence-corrected chi connectivity index (χ2v) is 6.14. The summed E-state index contributed by atoms with van der Waals surface area (Å²) in [5, 5.41) is 13.0. The molecule has 0 bridgehead atoms. The van der Waals surface area contributed by atoms with Gasteiger partial charge in [0.1, 0.15) is 0 Å². The molecule has 0 fully saturated rings. The van der Waals surface area contributed by atoms with Crippen LogP contribution in [0.3, 0.4) is 0 Å². The molecule has 8 nitrogen and oxygen atoms in total. The molecule has 0 aliphatic carbocycles. The Morgan fingerprint density at radius 2 is 2.19 bits per heavy atom. The Bertz CT molecular complexity index is 782. The third-order valence-electron chi connectivity index (χ3n) is 2.75. The summed E-state index contributed by atoms with van der Waals surface area (Å²) in [5.41, 5.74) is 5.96. The molecule has 0 spiro atoms. The van der Waals surface area contributed by atoms with Gasteiger partial charge < -0.3 is 10.8 Å².